The molecule has 0 spiro atoms. The van der Waals surface area contributed by atoms with E-state index in [0.29, 0.717) is 30.3 Å². The fourth-order valence-corrected chi connectivity index (χ4v) is 7.92. The zero-order chi connectivity index (χ0) is 46.5. The first-order valence-electron chi connectivity index (χ1n) is 25.8. The molecule has 0 radical (unpaired) electrons. The third-order valence-electron chi connectivity index (χ3n) is 11.3. The normalized spacial score (nSPS) is 14.2. The Kier molecular flexibility index (Phi) is 42.8. The van der Waals surface area contributed by atoms with Gasteiger partial charge in [-0.1, -0.05) is 211 Å². The monoisotopic (exact) mass is 912 g/mol. The Morgan fingerprint density at radius 1 is 0.587 bits per heavy atom. The van der Waals surface area contributed by atoms with E-state index in [4.69, 9.17) is 18.5 Å². The lowest BCUT2D eigenvalue weighted by Crippen LogP contribution is -2.37. The van der Waals surface area contributed by atoms with E-state index in [1.165, 1.54) is 148 Å². The Labute approximate surface area is 387 Å². The van der Waals surface area contributed by atoms with E-state index < -0.39 is 38.6 Å². The van der Waals surface area contributed by atoms with Crippen molar-refractivity contribution in [3.05, 3.63) is 36.5 Å². The molecule has 0 aliphatic heterocycles. The van der Waals surface area contributed by atoms with Crippen LogP contribution in [-0.2, 0) is 32.7 Å². The van der Waals surface area contributed by atoms with E-state index in [-0.39, 0.29) is 26.1 Å². The standard InChI is InChI=1S/C52H98NO9P/c1-6-8-10-12-14-16-18-20-21-22-23-24-25-26-27-29-31-33-35-37-39-43-52(56)62-50(48-61-63(57,58)60-46-45-53(3,4)5)47-59-51(55)44-40-42-49(54)41-38-36-34-32-30-28-19-17-15-13-11-9-7-2/h28,30,34,36,38,41,49-50,54H,6-27,29,31-33,35,37,39-40,42-48H2,1-5H3/b30-28+,36-34+,41-38+/t49?,50-/m1/s1. The number of unbranched alkanes of at least 4 members (excludes halogenated alkanes) is 26. The summed E-state index contributed by atoms with van der Waals surface area (Å²) < 4.78 is 33.9. The van der Waals surface area contributed by atoms with Gasteiger partial charge in [-0.05, 0) is 38.5 Å². The molecule has 370 valence electrons. The van der Waals surface area contributed by atoms with Crippen LogP contribution >= 0.6 is 7.82 Å². The Hall–Kier alpha value is -1.81. The van der Waals surface area contributed by atoms with Crippen LogP contribution in [0.25, 0.3) is 0 Å². The minimum atomic E-state index is -4.67. The summed E-state index contributed by atoms with van der Waals surface area (Å²) in [4.78, 5) is 37.7. The topological polar surface area (TPSA) is 131 Å². The molecule has 0 aromatic rings. The van der Waals surface area contributed by atoms with Crippen LogP contribution in [0, 0.1) is 0 Å². The highest BCUT2D eigenvalue weighted by molar-refractivity contribution is 7.45. The van der Waals surface area contributed by atoms with Gasteiger partial charge in [0.25, 0.3) is 7.82 Å². The second kappa shape index (κ2) is 44.0. The molecule has 0 saturated carbocycles. The van der Waals surface area contributed by atoms with Crippen LogP contribution in [0.4, 0.5) is 0 Å². The van der Waals surface area contributed by atoms with Crippen molar-refractivity contribution >= 4 is 19.8 Å². The van der Waals surface area contributed by atoms with Crippen LogP contribution in [0.1, 0.15) is 226 Å². The van der Waals surface area contributed by atoms with Crippen LogP contribution in [-0.4, -0.2) is 81.2 Å². The largest absolute Gasteiger partial charge is 0.756 e. The summed E-state index contributed by atoms with van der Waals surface area (Å²) in [5, 5.41) is 10.3. The van der Waals surface area contributed by atoms with Crippen molar-refractivity contribution in [2.45, 2.75) is 238 Å². The molecule has 0 heterocycles. The van der Waals surface area contributed by atoms with Gasteiger partial charge in [0.2, 0.25) is 0 Å². The van der Waals surface area contributed by atoms with E-state index >= 15 is 0 Å². The Bertz CT molecular complexity index is 1180. The van der Waals surface area contributed by atoms with Gasteiger partial charge in [0, 0.05) is 12.8 Å². The number of esters is 2. The van der Waals surface area contributed by atoms with Crippen molar-refractivity contribution in [2.24, 2.45) is 0 Å². The van der Waals surface area contributed by atoms with Crippen molar-refractivity contribution in [3.63, 3.8) is 0 Å². The molecule has 0 saturated heterocycles. The maximum atomic E-state index is 12.7. The summed E-state index contributed by atoms with van der Waals surface area (Å²) in [7, 11) is 1.08. The average Bonchev–Trinajstić information content (AvgIpc) is 3.23. The Morgan fingerprint density at radius 3 is 1.57 bits per heavy atom. The van der Waals surface area contributed by atoms with Crippen LogP contribution in [0.3, 0.4) is 0 Å². The number of phosphoric ester groups is 1. The Morgan fingerprint density at radius 2 is 1.06 bits per heavy atom. The van der Waals surface area contributed by atoms with Crippen LogP contribution in [0.2, 0.25) is 0 Å². The summed E-state index contributed by atoms with van der Waals surface area (Å²) in [5.74, 6) is -1.02. The predicted octanol–water partition coefficient (Wildman–Crippen LogP) is 13.6. The molecule has 0 aromatic heterocycles. The first-order chi connectivity index (χ1) is 30.4. The lowest BCUT2D eigenvalue weighted by Gasteiger charge is -2.28. The number of hydrogen-bond acceptors (Lipinski definition) is 9. The third kappa shape index (κ3) is 48.0. The van der Waals surface area contributed by atoms with Crippen molar-refractivity contribution in [3.8, 4) is 0 Å². The molecular weight excluding hydrogens is 814 g/mol. The summed E-state index contributed by atoms with van der Waals surface area (Å²) in [6, 6.07) is 0. The first kappa shape index (κ1) is 61.2. The number of ether oxygens (including phenoxy) is 2. The minimum Gasteiger partial charge on any atom is -0.756 e. The number of nitrogens with zero attached hydrogens (tertiary/aromatic N) is 1. The molecule has 0 fully saturated rings. The lowest BCUT2D eigenvalue weighted by molar-refractivity contribution is -0.870. The number of likely N-dealkylation sites (N-methyl/N-ethyl adjacent to an activating group) is 1. The number of aliphatic hydroxyl groups excluding tert-OH is 1. The lowest BCUT2D eigenvalue weighted by atomic mass is 10.0. The van der Waals surface area contributed by atoms with E-state index in [1.54, 1.807) is 6.08 Å². The number of carbonyl (C=O) groups is 2. The van der Waals surface area contributed by atoms with Crippen LogP contribution in [0.5, 0.6) is 0 Å². The smallest absolute Gasteiger partial charge is 0.306 e. The maximum Gasteiger partial charge on any atom is 0.306 e. The fraction of sp³-hybridized carbons (Fsp3) is 0.846. The summed E-state index contributed by atoms with van der Waals surface area (Å²) in [6.45, 7) is 4.04. The predicted molar refractivity (Wildman–Crippen MR) is 260 cm³/mol. The quantitative estimate of drug-likeness (QED) is 0.0158. The molecule has 0 aromatic carbocycles. The molecule has 10 nitrogen and oxygen atoms in total. The molecule has 0 rings (SSSR count). The van der Waals surface area contributed by atoms with Gasteiger partial charge in [-0.2, -0.15) is 0 Å². The molecular formula is C52H98NO9P. The summed E-state index contributed by atoms with van der Waals surface area (Å²) >= 11 is 0. The molecule has 11 heteroatoms. The minimum absolute atomic E-state index is 0.0549. The third-order valence-corrected chi connectivity index (χ3v) is 12.2. The number of carbonyl (C=O) groups excluding carboxylic acids is 2. The van der Waals surface area contributed by atoms with Gasteiger partial charge in [0.05, 0.1) is 33.9 Å². The molecule has 0 amide bonds. The van der Waals surface area contributed by atoms with Gasteiger partial charge in [0.1, 0.15) is 19.8 Å². The molecule has 0 aliphatic carbocycles. The average molecular weight is 912 g/mol. The number of hydrogen-bond donors (Lipinski definition) is 1. The molecule has 1 N–H and O–H groups in total. The molecule has 0 bridgehead atoms. The number of quaternary nitrogens is 1. The van der Waals surface area contributed by atoms with E-state index in [0.717, 1.165) is 32.1 Å². The second-order valence-electron chi connectivity index (χ2n) is 18.7. The van der Waals surface area contributed by atoms with Gasteiger partial charge in [-0.3, -0.25) is 14.2 Å². The highest BCUT2D eigenvalue weighted by Gasteiger charge is 2.22. The van der Waals surface area contributed by atoms with Gasteiger partial charge in [-0.15, -0.1) is 0 Å². The molecule has 2 unspecified atom stereocenters. The summed E-state index contributed by atoms with van der Waals surface area (Å²) in [5.41, 5.74) is 0. The highest BCUT2D eigenvalue weighted by atomic mass is 31.2. The van der Waals surface area contributed by atoms with Crippen LogP contribution in [0.15, 0.2) is 36.5 Å². The zero-order valence-corrected chi connectivity index (χ0v) is 42.3. The Balaban J connectivity index is 4.37. The molecule has 3 atom stereocenters. The van der Waals surface area contributed by atoms with Gasteiger partial charge in [-0.25, -0.2) is 0 Å². The first-order valence-corrected chi connectivity index (χ1v) is 27.3. The van der Waals surface area contributed by atoms with Crippen LogP contribution < -0.4 is 4.89 Å². The van der Waals surface area contributed by atoms with Crippen molar-refractivity contribution < 1.29 is 47.2 Å². The van der Waals surface area contributed by atoms with Gasteiger partial charge >= 0.3 is 11.9 Å². The van der Waals surface area contributed by atoms with Gasteiger partial charge in [0.15, 0.2) is 6.10 Å². The van der Waals surface area contributed by atoms with Gasteiger partial charge < -0.3 is 33.0 Å². The molecule has 63 heavy (non-hydrogen) atoms. The zero-order valence-electron chi connectivity index (χ0n) is 41.4. The number of allylic oxidation sites excluding steroid dienone is 5. The van der Waals surface area contributed by atoms with Crippen molar-refractivity contribution in [1.82, 2.24) is 0 Å². The number of phosphoric acid groups is 1. The second-order valence-corrected chi connectivity index (χ2v) is 20.2. The van der Waals surface area contributed by atoms with E-state index in [9.17, 15) is 24.2 Å². The number of rotatable bonds is 47. The summed E-state index contributed by atoms with van der Waals surface area (Å²) in [6.07, 6.45) is 47.8. The van der Waals surface area contributed by atoms with Crippen molar-refractivity contribution in [2.75, 3.05) is 47.5 Å². The maximum absolute atomic E-state index is 12.7. The SMILES string of the molecule is CCCCCCCC/C=C/C/C=C/C=C/C(O)CCCC(=O)OC[C@H](COP(=O)([O-])OCC[N+](C)(C)C)OC(=O)CCCCCCCCCCCCCCCCCCCCCCC. The fourth-order valence-electron chi connectivity index (χ4n) is 7.19. The van der Waals surface area contributed by atoms with Crippen molar-refractivity contribution in [1.29, 1.82) is 0 Å². The number of aliphatic hydroxyl groups is 1. The van der Waals surface area contributed by atoms with E-state index in [1.807, 2.05) is 39.4 Å². The highest BCUT2D eigenvalue weighted by Crippen LogP contribution is 2.38. The molecule has 0 aliphatic rings. The van der Waals surface area contributed by atoms with E-state index in [2.05, 4.69) is 26.0 Å².